The molecule has 1 aromatic carbocycles. The highest BCUT2D eigenvalue weighted by Gasteiger charge is 2.26. The topological polar surface area (TPSA) is 40.6 Å². The number of piperazine rings is 1. The molecule has 1 aromatic rings. The Labute approximate surface area is 130 Å². The third kappa shape index (κ3) is 4.24. The Kier molecular flexibility index (Phi) is 5.28. The van der Waals surface area contributed by atoms with Crippen LogP contribution >= 0.6 is 11.8 Å². The van der Waals surface area contributed by atoms with Crippen LogP contribution in [0.15, 0.2) is 29.2 Å². The first-order valence-electron chi connectivity index (χ1n) is 7.25. The Morgan fingerprint density at radius 2 is 1.57 bits per heavy atom. The van der Waals surface area contributed by atoms with Gasteiger partial charge in [-0.05, 0) is 26.0 Å². The Morgan fingerprint density at radius 3 is 2.10 bits per heavy atom. The van der Waals surface area contributed by atoms with Gasteiger partial charge in [-0.2, -0.15) is 0 Å². The molecule has 21 heavy (non-hydrogen) atoms. The number of benzene rings is 1. The molecule has 0 N–H and O–H groups in total. The summed E-state index contributed by atoms with van der Waals surface area (Å²) in [7, 11) is 0. The van der Waals surface area contributed by atoms with E-state index in [0.717, 1.165) is 4.90 Å². The molecule has 1 heterocycles. The second-order valence-corrected chi connectivity index (χ2v) is 6.82. The SMILES string of the molecule is CC(=O)N1CCN(C(=O)C(C)Sc2ccc(C)cc2)CC1. The van der Waals surface area contributed by atoms with Gasteiger partial charge in [-0.3, -0.25) is 9.59 Å². The molecular weight excluding hydrogens is 284 g/mol. The van der Waals surface area contributed by atoms with Crippen molar-refractivity contribution in [1.29, 1.82) is 0 Å². The molecule has 0 aromatic heterocycles. The largest absolute Gasteiger partial charge is 0.339 e. The minimum atomic E-state index is -0.100. The van der Waals surface area contributed by atoms with Crippen LogP contribution in [0.4, 0.5) is 0 Å². The molecule has 2 rings (SSSR count). The first-order valence-corrected chi connectivity index (χ1v) is 8.13. The van der Waals surface area contributed by atoms with E-state index < -0.39 is 0 Å². The molecule has 1 aliphatic heterocycles. The molecule has 1 unspecified atom stereocenters. The zero-order valence-electron chi connectivity index (χ0n) is 12.8. The van der Waals surface area contributed by atoms with E-state index in [2.05, 4.69) is 31.2 Å². The van der Waals surface area contributed by atoms with Crippen LogP contribution in [0.5, 0.6) is 0 Å². The normalized spacial score (nSPS) is 16.7. The molecule has 0 bridgehead atoms. The van der Waals surface area contributed by atoms with Gasteiger partial charge in [0.05, 0.1) is 5.25 Å². The number of amides is 2. The zero-order valence-corrected chi connectivity index (χ0v) is 13.7. The van der Waals surface area contributed by atoms with Crippen molar-refractivity contribution < 1.29 is 9.59 Å². The number of carbonyl (C=O) groups excluding carboxylic acids is 2. The van der Waals surface area contributed by atoms with Crippen LogP contribution in [0.1, 0.15) is 19.4 Å². The predicted molar refractivity (Wildman–Crippen MR) is 85.3 cm³/mol. The maximum absolute atomic E-state index is 12.4. The van der Waals surface area contributed by atoms with Gasteiger partial charge in [0.15, 0.2) is 0 Å². The molecule has 1 fully saturated rings. The molecule has 2 amide bonds. The average Bonchev–Trinajstić information content (AvgIpc) is 2.49. The van der Waals surface area contributed by atoms with Gasteiger partial charge in [0.2, 0.25) is 11.8 Å². The molecule has 114 valence electrons. The zero-order chi connectivity index (χ0) is 15.4. The van der Waals surface area contributed by atoms with E-state index in [-0.39, 0.29) is 17.1 Å². The number of nitrogens with zero attached hydrogens (tertiary/aromatic N) is 2. The van der Waals surface area contributed by atoms with E-state index in [9.17, 15) is 9.59 Å². The van der Waals surface area contributed by atoms with Gasteiger partial charge in [0.1, 0.15) is 0 Å². The van der Waals surface area contributed by atoms with E-state index in [1.165, 1.54) is 5.56 Å². The van der Waals surface area contributed by atoms with E-state index >= 15 is 0 Å². The fourth-order valence-electron chi connectivity index (χ4n) is 2.37. The smallest absolute Gasteiger partial charge is 0.235 e. The lowest BCUT2D eigenvalue weighted by molar-refractivity contribution is -0.137. The van der Waals surface area contributed by atoms with Gasteiger partial charge in [-0.15, -0.1) is 11.8 Å². The van der Waals surface area contributed by atoms with Crippen LogP contribution in [0.25, 0.3) is 0 Å². The number of thioether (sulfide) groups is 1. The quantitative estimate of drug-likeness (QED) is 0.804. The van der Waals surface area contributed by atoms with Crippen molar-refractivity contribution in [2.75, 3.05) is 26.2 Å². The molecular formula is C16H22N2O2S. The number of hydrogen-bond donors (Lipinski definition) is 0. The Balaban J connectivity index is 1.88. The van der Waals surface area contributed by atoms with Gasteiger partial charge < -0.3 is 9.80 Å². The van der Waals surface area contributed by atoms with Gasteiger partial charge in [0, 0.05) is 38.0 Å². The molecule has 5 heteroatoms. The summed E-state index contributed by atoms with van der Waals surface area (Å²) in [5.74, 6) is 0.243. The van der Waals surface area contributed by atoms with Crippen molar-refractivity contribution in [3.8, 4) is 0 Å². The van der Waals surface area contributed by atoms with Crippen molar-refractivity contribution in [2.24, 2.45) is 0 Å². The first kappa shape index (κ1) is 15.9. The molecule has 1 atom stereocenters. The summed E-state index contributed by atoms with van der Waals surface area (Å²) < 4.78 is 0. The fraction of sp³-hybridized carbons (Fsp3) is 0.500. The fourth-order valence-corrected chi connectivity index (χ4v) is 3.32. The van der Waals surface area contributed by atoms with Crippen molar-refractivity contribution in [3.05, 3.63) is 29.8 Å². The van der Waals surface area contributed by atoms with Crippen LogP contribution in [-0.2, 0) is 9.59 Å². The van der Waals surface area contributed by atoms with E-state index in [1.54, 1.807) is 23.6 Å². The summed E-state index contributed by atoms with van der Waals surface area (Å²) in [5, 5.41) is -0.100. The third-order valence-corrected chi connectivity index (χ3v) is 4.82. The second-order valence-electron chi connectivity index (χ2n) is 5.40. The number of aryl methyl sites for hydroxylation is 1. The van der Waals surface area contributed by atoms with E-state index in [1.807, 2.05) is 11.8 Å². The highest BCUT2D eigenvalue weighted by molar-refractivity contribution is 8.00. The Hall–Kier alpha value is -1.49. The molecule has 0 saturated carbocycles. The number of rotatable bonds is 3. The molecule has 0 spiro atoms. The van der Waals surface area contributed by atoms with Gasteiger partial charge in [-0.1, -0.05) is 17.7 Å². The summed E-state index contributed by atoms with van der Waals surface area (Å²) in [6.45, 7) is 8.13. The van der Waals surface area contributed by atoms with Crippen LogP contribution in [0.2, 0.25) is 0 Å². The molecule has 1 aliphatic rings. The lowest BCUT2D eigenvalue weighted by Gasteiger charge is -2.35. The maximum Gasteiger partial charge on any atom is 0.235 e. The Morgan fingerprint density at radius 1 is 1.05 bits per heavy atom. The minimum absolute atomic E-state index is 0.0872. The lowest BCUT2D eigenvalue weighted by atomic mass is 10.2. The van der Waals surface area contributed by atoms with Gasteiger partial charge in [-0.25, -0.2) is 0 Å². The summed E-state index contributed by atoms with van der Waals surface area (Å²) in [4.78, 5) is 28.5. The van der Waals surface area contributed by atoms with Crippen LogP contribution in [0, 0.1) is 6.92 Å². The van der Waals surface area contributed by atoms with Crippen molar-refractivity contribution in [1.82, 2.24) is 9.80 Å². The lowest BCUT2D eigenvalue weighted by Crippen LogP contribution is -2.51. The summed E-state index contributed by atoms with van der Waals surface area (Å²) in [6.07, 6.45) is 0. The van der Waals surface area contributed by atoms with Crippen molar-refractivity contribution in [3.63, 3.8) is 0 Å². The highest BCUT2D eigenvalue weighted by Crippen LogP contribution is 2.25. The summed E-state index contributed by atoms with van der Waals surface area (Å²) in [5.41, 5.74) is 1.22. The third-order valence-electron chi connectivity index (χ3n) is 3.72. The summed E-state index contributed by atoms with van der Waals surface area (Å²) in [6, 6.07) is 8.23. The van der Waals surface area contributed by atoms with E-state index in [0.29, 0.717) is 26.2 Å². The second kappa shape index (κ2) is 6.98. The van der Waals surface area contributed by atoms with Crippen LogP contribution < -0.4 is 0 Å². The van der Waals surface area contributed by atoms with Gasteiger partial charge in [0.25, 0.3) is 0 Å². The van der Waals surface area contributed by atoms with Gasteiger partial charge >= 0.3 is 0 Å². The molecule has 1 saturated heterocycles. The molecule has 0 radical (unpaired) electrons. The number of carbonyl (C=O) groups is 2. The molecule has 0 aliphatic carbocycles. The minimum Gasteiger partial charge on any atom is -0.339 e. The predicted octanol–water partition coefficient (Wildman–Crippen LogP) is 2.17. The molecule has 4 nitrogen and oxygen atoms in total. The van der Waals surface area contributed by atoms with Crippen molar-refractivity contribution in [2.45, 2.75) is 30.9 Å². The monoisotopic (exact) mass is 306 g/mol. The van der Waals surface area contributed by atoms with Crippen LogP contribution in [-0.4, -0.2) is 53.0 Å². The first-order chi connectivity index (χ1) is 9.97. The maximum atomic E-state index is 12.4. The highest BCUT2D eigenvalue weighted by atomic mass is 32.2. The van der Waals surface area contributed by atoms with E-state index in [4.69, 9.17) is 0 Å². The standard InChI is InChI=1S/C16H22N2O2S/c1-12-4-6-15(7-5-12)21-13(2)16(20)18-10-8-17(9-11-18)14(3)19/h4-7,13H,8-11H2,1-3H3. The Bertz CT molecular complexity index is 508. The summed E-state index contributed by atoms with van der Waals surface area (Å²) >= 11 is 1.59. The average molecular weight is 306 g/mol. The number of hydrogen-bond acceptors (Lipinski definition) is 3. The van der Waals surface area contributed by atoms with Crippen LogP contribution in [0.3, 0.4) is 0 Å². The van der Waals surface area contributed by atoms with Crippen molar-refractivity contribution >= 4 is 23.6 Å².